The zero-order valence-electron chi connectivity index (χ0n) is 11.4. The Morgan fingerprint density at radius 3 is 2.44 bits per heavy atom. The number of nitrogens with one attached hydrogen (secondary N) is 1. The van der Waals surface area contributed by atoms with Crippen LogP contribution in [0.25, 0.3) is 0 Å². The molecule has 1 N–H and O–H groups in total. The number of benzene rings is 1. The van der Waals surface area contributed by atoms with Crippen molar-refractivity contribution in [1.29, 1.82) is 0 Å². The van der Waals surface area contributed by atoms with Crippen molar-refractivity contribution in [2.45, 2.75) is 39.0 Å². The molecule has 2 nitrogen and oxygen atoms in total. The van der Waals surface area contributed by atoms with Crippen LogP contribution in [0.15, 0.2) is 28.7 Å². The van der Waals surface area contributed by atoms with E-state index in [1.807, 2.05) is 0 Å². The van der Waals surface area contributed by atoms with Gasteiger partial charge in [-0.25, -0.2) is 0 Å². The van der Waals surface area contributed by atoms with E-state index in [4.69, 9.17) is 0 Å². The maximum Gasteiger partial charge on any atom is 0.129 e. The van der Waals surface area contributed by atoms with Crippen molar-refractivity contribution < 1.29 is 4.79 Å². The van der Waals surface area contributed by atoms with Gasteiger partial charge < -0.3 is 10.1 Å². The summed E-state index contributed by atoms with van der Waals surface area (Å²) in [5, 5.41) is 3.43. The Balaban J connectivity index is 2.39. The van der Waals surface area contributed by atoms with Crippen molar-refractivity contribution in [3.05, 3.63) is 34.3 Å². The minimum absolute atomic E-state index is 0.108. The summed E-state index contributed by atoms with van der Waals surface area (Å²) in [6.45, 7) is 7.93. The van der Waals surface area contributed by atoms with Crippen molar-refractivity contribution in [1.82, 2.24) is 5.32 Å². The van der Waals surface area contributed by atoms with Gasteiger partial charge in [-0.15, -0.1) is 0 Å². The third kappa shape index (κ3) is 5.32. The zero-order valence-corrected chi connectivity index (χ0v) is 13.0. The molecule has 0 saturated carbocycles. The lowest BCUT2D eigenvalue weighted by atomic mass is 9.84. The van der Waals surface area contributed by atoms with Gasteiger partial charge in [-0.1, -0.05) is 41.9 Å². The predicted octanol–water partition coefficient (Wildman–Crippen LogP) is 3.69. The Morgan fingerprint density at radius 1 is 1.28 bits per heavy atom. The van der Waals surface area contributed by atoms with E-state index in [1.165, 1.54) is 5.56 Å². The molecule has 0 bridgehead atoms. The molecule has 0 amide bonds. The maximum atomic E-state index is 10.8. The molecule has 0 saturated heterocycles. The van der Waals surface area contributed by atoms with Crippen LogP contribution in [0.2, 0.25) is 0 Å². The van der Waals surface area contributed by atoms with Crippen molar-refractivity contribution in [2.75, 3.05) is 13.1 Å². The number of carbonyl (C=O) groups is 1. The molecule has 1 aromatic rings. The highest BCUT2D eigenvalue weighted by Gasteiger charge is 2.19. The van der Waals surface area contributed by atoms with Gasteiger partial charge in [-0.05, 0) is 37.6 Å². The van der Waals surface area contributed by atoms with Crippen LogP contribution in [-0.4, -0.2) is 18.9 Å². The van der Waals surface area contributed by atoms with Gasteiger partial charge in [0.15, 0.2) is 0 Å². The molecule has 3 heteroatoms. The lowest BCUT2D eigenvalue weighted by Gasteiger charge is -2.26. The largest absolute Gasteiger partial charge is 0.316 e. The van der Waals surface area contributed by atoms with E-state index < -0.39 is 0 Å². The first-order chi connectivity index (χ1) is 8.42. The van der Waals surface area contributed by atoms with Crippen molar-refractivity contribution in [3.63, 3.8) is 0 Å². The van der Waals surface area contributed by atoms with Gasteiger partial charge in [-0.3, -0.25) is 0 Å². The summed E-state index contributed by atoms with van der Waals surface area (Å²) in [5.41, 5.74) is 1.43. The molecule has 0 fully saturated rings. The van der Waals surface area contributed by atoms with Gasteiger partial charge >= 0.3 is 0 Å². The molecule has 0 spiro atoms. The van der Waals surface area contributed by atoms with E-state index in [2.05, 4.69) is 59.4 Å². The molecule has 0 aliphatic rings. The second-order valence-corrected chi connectivity index (χ2v) is 6.29. The Bertz CT molecular complexity index is 384. The zero-order chi connectivity index (χ0) is 13.6. The highest BCUT2D eigenvalue weighted by atomic mass is 79.9. The Hall–Kier alpha value is -0.670. The van der Waals surface area contributed by atoms with Crippen molar-refractivity contribution in [2.24, 2.45) is 0 Å². The first-order valence-corrected chi connectivity index (χ1v) is 7.17. The summed E-state index contributed by atoms with van der Waals surface area (Å²) in [6, 6.07) is 8.46. The van der Waals surface area contributed by atoms with Crippen LogP contribution in [0.3, 0.4) is 0 Å². The second-order valence-electron chi connectivity index (χ2n) is 5.37. The number of halogens is 1. The fourth-order valence-corrected chi connectivity index (χ4v) is 2.13. The standard InChI is InChI=1S/C15H22BrNO/c1-12(18)5-4-10-17-11-15(2,3)13-6-8-14(16)9-7-13/h6-9,17H,4-5,10-11H2,1-3H3. The molecule has 0 atom stereocenters. The van der Waals surface area contributed by atoms with Crippen LogP contribution >= 0.6 is 15.9 Å². The highest BCUT2D eigenvalue weighted by molar-refractivity contribution is 9.10. The number of hydrogen-bond acceptors (Lipinski definition) is 2. The molecular weight excluding hydrogens is 290 g/mol. The van der Waals surface area contributed by atoms with Gasteiger partial charge in [0, 0.05) is 22.9 Å². The van der Waals surface area contributed by atoms with E-state index in [0.29, 0.717) is 6.42 Å². The van der Waals surface area contributed by atoms with Crippen molar-refractivity contribution >= 4 is 21.7 Å². The smallest absolute Gasteiger partial charge is 0.129 e. The van der Waals surface area contributed by atoms with Crippen LogP contribution < -0.4 is 5.32 Å². The normalized spacial score (nSPS) is 11.6. The number of rotatable bonds is 7. The third-order valence-corrected chi connectivity index (χ3v) is 3.60. The van der Waals surface area contributed by atoms with Crippen LogP contribution in [0.1, 0.15) is 39.2 Å². The SMILES string of the molecule is CC(=O)CCCNCC(C)(C)c1ccc(Br)cc1. The summed E-state index contributed by atoms with van der Waals surface area (Å²) in [5.74, 6) is 0.268. The Kier molecular flexibility index (Phi) is 6.03. The first kappa shape index (κ1) is 15.4. The van der Waals surface area contributed by atoms with Gasteiger partial charge in [0.1, 0.15) is 5.78 Å². The first-order valence-electron chi connectivity index (χ1n) is 6.38. The molecule has 0 aliphatic heterocycles. The van der Waals surface area contributed by atoms with Gasteiger partial charge in [0.05, 0.1) is 0 Å². The maximum absolute atomic E-state index is 10.8. The molecular formula is C15H22BrNO. The summed E-state index contributed by atoms with van der Waals surface area (Å²) in [6.07, 6.45) is 1.59. The molecule has 100 valence electrons. The van der Waals surface area contributed by atoms with Gasteiger partial charge in [0.25, 0.3) is 0 Å². The third-order valence-electron chi connectivity index (χ3n) is 3.08. The fraction of sp³-hybridized carbons (Fsp3) is 0.533. The molecule has 1 aromatic carbocycles. The van der Waals surface area contributed by atoms with Gasteiger partial charge in [0.2, 0.25) is 0 Å². The number of hydrogen-bond donors (Lipinski definition) is 1. The average molecular weight is 312 g/mol. The lowest BCUT2D eigenvalue weighted by molar-refractivity contribution is -0.117. The van der Waals surface area contributed by atoms with E-state index in [0.717, 1.165) is 24.0 Å². The quantitative estimate of drug-likeness (QED) is 0.778. The van der Waals surface area contributed by atoms with E-state index in [9.17, 15) is 4.79 Å². The fourth-order valence-electron chi connectivity index (χ4n) is 1.87. The minimum atomic E-state index is 0.108. The Morgan fingerprint density at radius 2 is 1.89 bits per heavy atom. The summed E-state index contributed by atoms with van der Waals surface area (Å²) < 4.78 is 1.11. The monoisotopic (exact) mass is 311 g/mol. The Labute approximate surface area is 118 Å². The molecule has 0 heterocycles. The second kappa shape index (κ2) is 7.05. The number of carbonyl (C=O) groups excluding carboxylic acids is 1. The van der Waals surface area contributed by atoms with E-state index in [1.54, 1.807) is 6.92 Å². The van der Waals surface area contributed by atoms with E-state index in [-0.39, 0.29) is 11.2 Å². The molecule has 1 rings (SSSR count). The predicted molar refractivity (Wildman–Crippen MR) is 80.0 cm³/mol. The minimum Gasteiger partial charge on any atom is -0.316 e. The van der Waals surface area contributed by atoms with Crippen LogP contribution in [-0.2, 0) is 10.2 Å². The average Bonchev–Trinajstić information content (AvgIpc) is 2.28. The molecule has 18 heavy (non-hydrogen) atoms. The highest BCUT2D eigenvalue weighted by Crippen LogP contribution is 2.23. The van der Waals surface area contributed by atoms with Crippen LogP contribution in [0.4, 0.5) is 0 Å². The topological polar surface area (TPSA) is 29.1 Å². The van der Waals surface area contributed by atoms with Gasteiger partial charge in [-0.2, -0.15) is 0 Å². The molecule has 0 aromatic heterocycles. The molecule has 0 aliphatic carbocycles. The van der Waals surface area contributed by atoms with Crippen LogP contribution in [0, 0.1) is 0 Å². The molecule has 0 unspecified atom stereocenters. The molecule has 0 radical (unpaired) electrons. The summed E-state index contributed by atoms with van der Waals surface area (Å²) in [7, 11) is 0. The van der Waals surface area contributed by atoms with E-state index >= 15 is 0 Å². The van der Waals surface area contributed by atoms with Crippen molar-refractivity contribution in [3.8, 4) is 0 Å². The summed E-state index contributed by atoms with van der Waals surface area (Å²) in [4.78, 5) is 10.8. The summed E-state index contributed by atoms with van der Waals surface area (Å²) >= 11 is 3.45. The number of ketones is 1. The number of Topliss-reactive ketones (excluding diaryl/α,β-unsaturated/α-hetero) is 1. The van der Waals surface area contributed by atoms with Crippen LogP contribution in [0.5, 0.6) is 0 Å². The lowest BCUT2D eigenvalue weighted by Crippen LogP contribution is -2.33.